The molecule has 2 aromatic rings. The number of thiophene rings is 1. The number of nitro benzene ring substituents is 1. The monoisotopic (exact) mass is 416 g/mol. The molecule has 1 N–H and O–H groups in total. The van der Waals surface area contributed by atoms with E-state index in [0.717, 1.165) is 30.0 Å². The molecule has 0 radical (unpaired) electrons. The summed E-state index contributed by atoms with van der Waals surface area (Å²) in [6.45, 7) is 3.97. The van der Waals surface area contributed by atoms with Gasteiger partial charge in [-0.1, -0.05) is 6.07 Å². The van der Waals surface area contributed by atoms with Crippen LogP contribution in [0.5, 0.6) is 0 Å². The Morgan fingerprint density at radius 3 is 2.76 bits per heavy atom. The maximum absolute atomic E-state index is 12.5. The van der Waals surface area contributed by atoms with E-state index in [4.69, 9.17) is 4.74 Å². The second-order valence-corrected chi connectivity index (χ2v) is 8.18. The third-order valence-corrected chi connectivity index (χ3v) is 6.24. The molecule has 9 heteroatoms. The van der Waals surface area contributed by atoms with Gasteiger partial charge in [-0.15, -0.1) is 11.3 Å². The number of amides is 1. The van der Waals surface area contributed by atoms with E-state index in [2.05, 4.69) is 10.2 Å². The molecule has 154 valence electrons. The van der Waals surface area contributed by atoms with Crippen LogP contribution in [0.25, 0.3) is 0 Å². The molecule has 2 aliphatic rings. The molecule has 0 bridgehead atoms. The topological polar surface area (TPSA) is 88.0 Å². The molecule has 2 fully saturated rings. The highest BCUT2D eigenvalue weighted by molar-refractivity contribution is 7.12. The van der Waals surface area contributed by atoms with E-state index in [1.165, 1.54) is 11.3 Å². The Balaban J connectivity index is 1.42. The minimum atomic E-state index is -0.362. The summed E-state index contributed by atoms with van der Waals surface area (Å²) in [5.74, 6) is 0.0715. The first-order chi connectivity index (χ1) is 14.1. The summed E-state index contributed by atoms with van der Waals surface area (Å²) in [6.07, 6.45) is 2.11. The van der Waals surface area contributed by atoms with E-state index in [0.29, 0.717) is 38.4 Å². The van der Waals surface area contributed by atoms with Crippen molar-refractivity contribution in [2.75, 3.05) is 49.5 Å². The van der Waals surface area contributed by atoms with Gasteiger partial charge in [-0.25, -0.2) is 0 Å². The average molecular weight is 417 g/mol. The lowest BCUT2D eigenvalue weighted by Crippen LogP contribution is -2.48. The Hall–Kier alpha value is -2.65. The molecule has 0 saturated carbocycles. The number of nitro groups is 1. The zero-order chi connectivity index (χ0) is 20.2. The number of nitrogens with zero attached hydrogens (tertiary/aromatic N) is 3. The van der Waals surface area contributed by atoms with Gasteiger partial charge in [0, 0.05) is 51.1 Å². The van der Waals surface area contributed by atoms with E-state index in [-0.39, 0.29) is 22.6 Å². The van der Waals surface area contributed by atoms with Crippen LogP contribution in [0, 0.1) is 10.1 Å². The first kappa shape index (κ1) is 19.7. The predicted octanol–water partition coefficient (Wildman–Crippen LogP) is 3.21. The first-order valence-electron chi connectivity index (χ1n) is 9.83. The fourth-order valence-electron chi connectivity index (χ4n) is 3.77. The summed E-state index contributed by atoms with van der Waals surface area (Å²) in [6, 6.07) is 8.91. The lowest BCUT2D eigenvalue weighted by molar-refractivity contribution is -0.383. The molecule has 29 heavy (non-hydrogen) atoms. The van der Waals surface area contributed by atoms with Crippen LogP contribution in [0.2, 0.25) is 0 Å². The molecule has 2 saturated heterocycles. The number of benzene rings is 1. The summed E-state index contributed by atoms with van der Waals surface area (Å²) in [5, 5.41) is 16.5. The van der Waals surface area contributed by atoms with E-state index in [9.17, 15) is 14.9 Å². The van der Waals surface area contributed by atoms with Gasteiger partial charge in [-0.3, -0.25) is 14.9 Å². The second-order valence-electron chi connectivity index (χ2n) is 7.23. The Bertz CT molecular complexity index is 859. The zero-order valence-electron chi connectivity index (χ0n) is 16.1. The zero-order valence-corrected chi connectivity index (χ0v) is 16.9. The smallest absolute Gasteiger partial charge is 0.292 e. The predicted molar refractivity (Wildman–Crippen MR) is 113 cm³/mol. The largest absolute Gasteiger partial charge is 0.377 e. The number of hydrogen-bond donors (Lipinski definition) is 1. The fourth-order valence-corrected chi connectivity index (χ4v) is 4.47. The fraction of sp³-hybridized carbons (Fsp3) is 0.450. The lowest BCUT2D eigenvalue weighted by Gasteiger charge is -2.36. The van der Waals surface area contributed by atoms with Crippen molar-refractivity contribution in [3.8, 4) is 0 Å². The molecule has 4 rings (SSSR count). The summed E-state index contributed by atoms with van der Waals surface area (Å²) >= 11 is 1.46. The number of anilines is 2. The average Bonchev–Trinajstić information content (AvgIpc) is 3.45. The van der Waals surface area contributed by atoms with Crippen LogP contribution >= 0.6 is 11.3 Å². The molecule has 0 aliphatic carbocycles. The Morgan fingerprint density at radius 1 is 1.28 bits per heavy atom. The van der Waals surface area contributed by atoms with Crippen molar-refractivity contribution in [2.45, 2.75) is 18.9 Å². The van der Waals surface area contributed by atoms with E-state index < -0.39 is 0 Å². The van der Waals surface area contributed by atoms with E-state index in [1.54, 1.807) is 12.1 Å². The third kappa shape index (κ3) is 4.51. The van der Waals surface area contributed by atoms with Crippen LogP contribution in [0.1, 0.15) is 22.5 Å². The number of piperazine rings is 1. The number of carbonyl (C=O) groups is 1. The Kier molecular flexibility index (Phi) is 5.96. The number of carbonyl (C=O) groups excluding carboxylic acids is 1. The molecule has 1 aromatic carbocycles. The van der Waals surface area contributed by atoms with Crippen molar-refractivity contribution < 1.29 is 14.5 Å². The van der Waals surface area contributed by atoms with Gasteiger partial charge in [-0.05, 0) is 36.4 Å². The minimum Gasteiger partial charge on any atom is -0.377 e. The summed E-state index contributed by atoms with van der Waals surface area (Å²) in [4.78, 5) is 28.4. The molecular weight excluding hydrogens is 392 g/mol. The molecule has 2 aliphatic heterocycles. The van der Waals surface area contributed by atoms with Crippen molar-refractivity contribution in [1.29, 1.82) is 0 Å². The number of nitrogens with one attached hydrogen (secondary N) is 1. The van der Waals surface area contributed by atoms with Crippen molar-refractivity contribution in [2.24, 2.45) is 0 Å². The van der Waals surface area contributed by atoms with Crippen molar-refractivity contribution in [1.82, 2.24) is 4.90 Å². The van der Waals surface area contributed by atoms with Crippen LogP contribution in [0.3, 0.4) is 0 Å². The molecule has 0 unspecified atom stereocenters. The van der Waals surface area contributed by atoms with Gasteiger partial charge in [0.25, 0.3) is 11.6 Å². The van der Waals surface area contributed by atoms with Crippen LogP contribution in [-0.4, -0.2) is 61.2 Å². The highest BCUT2D eigenvalue weighted by Gasteiger charge is 2.25. The van der Waals surface area contributed by atoms with Gasteiger partial charge in [0.05, 0.1) is 15.9 Å². The number of ether oxygens (including phenoxy) is 1. The van der Waals surface area contributed by atoms with E-state index in [1.807, 2.05) is 28.5 Å². The van der Waals surface area contributed by atoms with Gasteiger partial charge < -0.3 is 19.9 Å². The van der Waals surface area contributed by atoms with Crippen molar-refractivity contribution in [3.63, 3.8) is 0 Å². The second kappa shape index (κ2) is 8.79. The summed E-state index contributed by atoms with van der Waals surface area (Å²) in [5.41, 5.74) is 1.51. The van der Waals surface area contributed by atoms with Gasteiger partial charge in [-0.2, -0.15) is 0 Å². The molecule has 3 heterocycles. The Morgan fingerprint density at radius 2 is 2.10 bits per heavy atom. The standard InChI is InChI=1S/C20H24N4O4S/c25-20(19-4-2-12-29-19)23-9-7-22(8-10-23)15-5-6-18(24(26)27)17(13-15)21-14-16-3-1-11-28-16/h2,4-6,12-13,16,21H,1,3,7-11,14H2/t16-/m0/s1. The molecule has 1 atom stereocenters. The van der Waals surface area contributed by atoms with Crippen molar-refractivity contribution in [3.05, 3.63) is 50.7 Å². The third-order valence-electron chi connectivity index (χ3n) is 5.38. The molecule has 0 spiro atoms. The van der Waals surface area contributed by atoms with Gasteiger partial charge in [0.1, 0.15) is 5.69 Å². The van der Waals surface area contributed by atoms with Gasteiger partial charge in [0.15, 0.2) is 0 Å². The minimum absolute atomic E-state index is 0.0678. The van der Waals surface area contributed by atoms with Gasteiger partial charge in [0.2, 0.25) is 0 Å². The molecular formula is C20H24N4O4S. The molecule has 8 nitrogen and oxygen atoms in total. The maximum atomic E-state index is 12.5. The normalized spacial score (nSPS) is 19.4. The molecule has 1 aromatic heterocycles. The summed E-state index contributed by atoms with van der Waals surface area (Å²) in [7, 11) is 0. The number of hydrogen-bond acceptors (Lipinski definition) is 7. The quantitative estimate of drug-likeness (QED) is 0.575. The molecule has 1 amide bonds. The Labute approximate surface area is 173 Å². The first-order valence-corrected chi connectivity index (χ1v) is 10.7. The van der Waals surface area contributed by atoms with E-state index >= 15 is 0 Å². The maximum Gasteiger partial charge on any atom is 0.292 e. The van der Waals surface area contributed by atoms with Gasteiger partial charge >= 0.3 is 0 Å². The summed E-state index contributed by atoms with van der Waals surface area (Å²) < 4.78 is 5.61. The lowest BCUT2D eigenvalue weighted by atomic mass is 10.2. The SMILES string of the molecule is O=C(c1cccs1)N1CCN(c2ccc([N+](=O)[O-])c(NC[C@@H]3CCCO3)c2)CC1. The highest BCUT2D eigenvalue weighted by atomic mass is 32.1. The highest BCUT2D eigenvalue weighted by Crippen LogP contribution is 2.31. The van der Waals surface area contributed by atoms with Crippen LogP contribution in [-0.2, 0) is 4.74 Å². The number of rotatable bonds is 6. The van der Waals surface area contributed by atoms with Crippen LogP contribution in [0.4, 0.5) is 17.1 Å². The van der Waals surface area contributed by atoms with Crippen LogP contribution < -0.4 is 10.2 Å². The van der Waals surface area contributed by atoms with Crippen molar-refractivity contribution >= 4 is 34.3 Å². The van der Waals surface area contributed by atoms with Crippen LogP contribution in [0.15, 0.2) is 35.7 Å².